The molecule has 1 heterocycles. The predicted molar refractivity (Wildman–Crippen MR) is 122 cm³/mol. The maximum atomic E-state index is 14.2. The van der Waals surface area contributed by atoms with E-state index in [1.807, 2.05) is 54.8 Å². The van der Waals surface area contributed by atoms with Gasteiger partial charge in [-0.1, -0.05) is 74.5 Å². The summed E-state index contributed by atoms with van der Waals surface area (Å²) >= 11 is 0. The summed E-state index contributed by atoms with van der Waals surface area (Å²) in [7, 11) is 0. The number of aryl methyl sites for hydroxylation is 1. The summed E-state index contributed by atoms with van der Waals surface area (Å²) in [6.07, 6.45) is 0.780. The van der Waals surface area contributed by atoms with Crippen LogP contribution >= 0.6 is 0 Å². The Morgan fingerprint density at radius 3 is 2.26 bits per heavy atom. The monoisotopic (exact) mass is 413 g/mol. The second-order valence-corrected chi connectivity index (χ2v) is 7.73. The van der Waals surface area contributed by atoms with E-state index < -0.39 is 5.82 Å². The van der Waals surface area contributed by atoms with Crippen molar-refractivity contribution in [2.24, 2.45) is 0 Å². The summed E-state index contributed by atoms with van der Waals surface area (Å²) in [5.74, 6) is -0.938. The summed E-state index contributed by atoms with van der Waals surface area (Å²) in [4.78, 5) is 27.2. The van der Waals surface area contributed by atoms with Crippen LogP contribution in [0, 0.1) is 5.82 Å². The lowest BCUT2D eigenvalue weighted by Gasteiger charge is -2.24. The Hall–Kier alpha value is -3.53. The average molecular weight is 413 g/mol. The number of hydrogen-bond acceptors (Lipinski definition) is 2. The predicted octanol–water partition coefficient (Wildman–Crippen LogP) is 5.93. The second kappa shape index (κ2) is 8.68. The standard InChI is InChI=1S/C27H24FNO2/c1-3-16-29-23-17-21(28)14-15-22(23)27(31)24(26(30)20-12-8-5-9-13-20)25(29)18(2)19-10-6-4-7-11-19/h4-15,17-18H,3,16H2,1-2H3. The van der Waals surface area contributed by atoms with Gasteiger partial charge in [-0.15, -0.1) is 0 Å². The van der Waals surface area contributed by atoms with Crippen LogP contribution in [0.5, 0.6) is 0 Å². The molecule has 0 N–H and O–H groups in total. The van der Waals surface area contributed by atoms with Crippen molar-refractivity contribution in [3.63, 3.8) is 0 Å². The van der Waals surface area contributed by atoms with Crippen LogP contribution in [-0.2, 0) is 6.54 Å². The molecule has 3 nitrogen and oxygen atoms in total. The number of rotatable bonds is 6. The van der Waals surface area contributed by atoms with Crippen LogP contribution in [0.1, 0.15) is 53.4 Å². The van der Waals surface area contributed by atoms with Crippen LogP contribution in [0.2, 0.25) is 0 Å². The Labute approximate surface area is 180 Å². The van der Waals surface area contributed by atoms with E-state index in [1.165, 1.54) is 18.2 Å². The van der Waals surface area contributed by atoms with Crippen molar-refractivity contribution >= 4 is 16.7 Å². The number of aromatic nitrogens is 1. The normalized spacial score (nSPS) is 12.1. The topological polar surface area (TPSA) is 39.1 Å². The molecule has 4 heteroatoms. The highest BCUT2D eigenvalue weighted by atomic mass is 19.1. The van der Waals surface area contributed by atoms with Gasteiger partial charge in [-0.2, -0.15) is 0 Å². The lowest BCUT2D eigenvalue weighted by atomic mass is 9.89. The molecule has 1 atom stereocenters. The number of halogens is 1. The van der Waals surface area contributed by atoms with Crippen LogP contribution in [0.25, 0.3) is 10.9 Å². The maximum absolute atomic E-state index is 14.2. The van der Waals surface area contributed by atoms with E-state index in [-0.39, 0.29) is 22.7 Å². The zero-order chi connectivity index (χ0) is 22.0. The van der Waals surface area contributed by atoms with Gasteiger partial charge >= 0.3 is 0 Å². The SMILES string of the molecule is CCCn1c(C(C)c2ccccc2)c(C(=O)c2ccccc2)c(=O)c2ccc(F)cc21. The van der Waals surface area contributed by atoms with Gasteiger partial charge in [-0.05, 0) is 30.2 Å². The molecule has 0 aliphatic carbocycles. The summed E-state index contributed by atoms with van der Waals surface area (Å²) in [5, 5.41) is 0.359. The molecule has 0 radical (unpaired) electrons. The van der Waals surface area contributed by atoms with Crippen LogP contribution in [0.4, 0.5) is 4.39 Å². The molecule has 4 aromatic rings. The first-order valence-corrected chi connectivity index (χ1v) is 10.5. The highest BCUT2D eigenvalue weighted by molar-refractivity contribution is 6.11. The van der Waals surface area contributed by atoms with E-state index in [1.54, 1.807) is 24.3 Å². The van der Waals surface area contributed by atoms with Gasteiger partial charge in [0.15, 0.2) is 5.78 Å². The summed E-state index contributed by atoms with van der Waals surface area (Å²) < 4.78 is 16.1. The molecule has 0 saturated heterocycles. The fourth-order valence-corrected chi connectivity index (χ4v) is 4.20. The van der Waals surface area contributed by atoms with Gasteiger partial charge in [0.2, 0.25) is 5.43 Å². The minimum absolute atomic E-state index is 0.162. The van der Waals surface area contributed by atoms with Crippen LogP contribution < -0.4 is 5.43 Å². The Kier molecular flexibility index (Phi) is 5.81. The lowest BCUT2D eigenvalue weighted by molar-refractivity contribution is 0.103. The molecule has 3 aromatic carbocycles. The van der Waals surface area contributed by atoms with Crippen LogP contribution in [-0.4, -0.2) is 10.4 Å². The minimum atomic E-state index is -0.405. The maximum Gasteiger partial charge on any atom is 0.200 e. The molecule has 156 valence electrons. The van der Waals surface area contributed by atoms with Crippen molar-refractivity contribution in [3.05, 3.63) is 117 Å². The molecule has 1 aromatic heterocycles. The quantitative estimate of drug-likeness (QED) is 0.367. The first-order chi connectivity index (χ1) is 15.0. The highest BCUT2D eigenvalue weighted by Gasteiger charge is 2.27. The number of hydrogen-bond donors (Lipinski definition) is 0. The van der Waals surface area contributed by atoms with Gasteiger partial charge in [0.1, 0.15) is 5.82 Å². The number of ketones is 1. The largest absolute Gasteiger partial charge is 0.343 e. The number of benzene rings is 3. The third-order valence-corrected chi connectivity index (χ3v) is 5.69. The van der Waals surface area contributed by atoms with Crippen molar-refractivity contribution in [2.45, 2.75) is 32.7 Å². The molecule has 0 aliphatic heterocycles. The molecule has 31 heavy (non-hydrogen) atoms. The van der Waals surface area contributed by atoms with E-state index in [2.05, 4.69) is 0 Å². The van der Waals surface area contributed by atoms with Crippen molar-refractivity contribution in [1.29, 1.82) is 0 Å². The lowest BCUT2D eigenvalue weighted by Crippen LogP contribution is -2.27. The first-order valence-electron chi connectivity index (χ1n) is 10.5. The van der Waals surface area contributed by atoms with Crippen molar-refractivity contribution in [3.8, 4) is 0 Å². The fraction of sp³-hybridized carbons (Fsp3) is 0.185. The number of nitrogens with zero attached hydrogens (tertiary/aromatic N) is 1. The average Bonchev–Trinajstić information content (AvgIpc) is 2.81. The number of carbonyl (C=O) groups is 1. The Balaban J connectivity index is 2.11. The third-order valence-electron chi connectivity index (χ3n) is 5.69. The molecule has 4 rings (SSSR count). The molecule has 0 fully saturated rings. The molecule has 0 amide bonds. The summed E-state index contributed by atoms with van der Waals surface area (Å²) in [5.41, 5.74) is 2.42. The Morgan fingerprint density at radius 1 is 0.968 bits per heavy atom. The molecule has 1 unspecified atom stereocenters. The summed E-state index contributed by atoms with van der Waals surface area (Å²) in [6, 6.07) is 22.8. The molecule has 0 bridgehead atoms. The van der Waals surface area contributed by atoms with E-state index >= 15 is 0 Å². The van der Waals surface area contributed by atoms with E-state index in [9.17, 15) is 14.0 Å². The zero-order valence-electron chi connectivity index (χ0n) is 17.6. The van der Waals surface area contributed by atoms with Crippen LogP contribution in [0.3, 0.4) is 0 Å². The number of pyridine rings is 1. The van der Waals surface area contributed by atoms with Gasteiger partial charge in [0, 0.05) is 29.1 Å². The van der Waals surface area contributed by atoms with Gasteiger partial charge < -0.3 is 4.57 Å². The minimum Gasteiger partial charge on any atom is -0.343 e. The van der Waals surface area contributed by atoms with E-state index in [0.29, 0.717) is 28.7 Å². The molecular formula is C27H24FNO2. The molecule has 0 saturated carbocycles. The Morgan fingerprint density at radius 2 is 1.61 bits per heavy atom. The van der Waals surface area contributed by atoms with Crippen molar-refractivity contribution in [1.82, 2.24) is 4.57 Å². The van der Waals surface area contributed by atoms with E-state index in [4.69, 9.17) is 0 Å². The molecule has 0 aliphatic rings. The Bertz CT molecular complexity index is 1290. The van der Waals surface area contributed by atoms with Crippen molar-refractivity contribution < 1.29 is 9.18 Å². The molecule has 0 spiro atoms. The second-order valence-electron chi connectivity index (χ2n) is 7.73. The van der Waals surface area contributed by atoms with Gasteiger partial charge in [-0.3, -0.25) is 9.59 Å². The highest BCUT2D eigenvalue weighted by Crippen LogP contribution is 2.30. The number of carbonyl (C=O) groups excluding carboxylic acids is 1. The third kappa shape index (κ3) is 3.81. The first kappa shape index (κ1) is 20.7. The van der Waals surface area contributed by atoms with Gasteiger partial charge in [0.05, 0.1) is 11.1 Å². The van der Waals surface area contributed by atoms with Crippen molar-refractivity contribution in [2.75, 3.05) is 0 Å². The summed E-state index contributed by atoms with van der Waals surface area (Å²) in [6.45, 7) is 4.59. The zero-order valence-corrected chi connectivity index (χ0v) is 17.6. The smallest absolute Gasteiger partial charge is 0.200 e. The van der Waals surface area contributed by atoms with Gasteiger partial charge in [0.25, 0.3) is 0 Å². The number of fused-ring (bicyclic) bond motifs is 1. The van der Waals surface area contributed by atoms with Gasteiger partial charge in [-0.25, -0.2) is 4.39 Å². The fourth-order valence-electron chi connectivity index (χ4n) is 4.20. The van der Waals surface area contributed by atoms with E-state index in [0.717, 1.165) is 12.0 Å². The molecular weight excluding hydrogens is 389 g/mol. The van der Waals surface area contributed by atoms with Crippen LogP contribution in [0.15, 0.2) is 83.7 Å².